The van der Waals surface area contributed by atoms with Gasteiger partial charge in [-0.2, -0.15) is 0 Å². The van der Waals surface area contributed by atoms with Gasteiger partial charge in [-0.05, 0) is 36.8 Å². The maximum Gasteiger partial charge on any atom is 0.124 e. The molecule has 2 nitrogen and oxygen atoms in total. The van der Waals surface area contributed by atoms with Crippen LogP contribution in [0.4, 0.5) is 10.1 Å². The maximum atomic E-state index is 13.2. The van der Waals surface area contributed by atoms with Gasteiger partial charge in [-0.15, -0.1) is 11.3 Å². The summed E-state index contributed by atoms with van der Waals surface area (Å²) in [5.41, 5.74) is 10.3. The highest BCUT2D eigenvalue weighted by Gasteiger charge is 2.10. The largest absolute Gasteiger partial charge is 0.398 e. The molecule has 0 amide bonds. The number of aryl methyl sites for hydroxylation is 1. The summed E-state index contributed by atoms with van der Waals surface area (Å²) in [7, 11) is 0. The molecule has 1 aromatic heterocycles. The molecule has 0 unspecified atom stereocenters. The molecule has 2 aromatic carbocycles. The number of aromatic nitrogens is 1. The summed E-state index contributed by atoms with van der Waals surface area (Å²) in [6, 6.07) is 12.4. The Morgan fingerprint density at radius 1 is 1.10 bits per heavy atom. The first-order chi connectivity index (χ1) is 9.65. The lowest BCUT2D eigenvalue weighted by molar-refractivity contribution is 0.627. The molecule has 0 saturated carbocycles. The second-order valence-corrected chi connectivity index (χ2v) is 5.44. The minimum atomic E-state index is -0.227. The molecule has 0 atom stereocenters. The van der Waals surface area contributed by atoms with Gasteiger partial charge in [-0.1, -0.05) is 18.2 Å². The quantitative estimate of drug-likeness (QED) is 0.703. The van der Waals surface area contributed by atoms with Crippen molar-refractivity contribution < 1.29 is 4.39 Å². The minimum Gasteiger partial charge on any atom is -0.398 e. The number of nitrogens with zero attached hydrogens (tertiary/aromatic N) is 1. The Morgan fingerprint density at radius 2 is 1.90 bits per heavy atom. The standard InChI is InChI=1S/C16H13FN2S/c1-10-8-11(17)6-7-12(10)16-19-15(9-20-16)13-4-2-3-5-14(13)18/h2-9H,18H2,1H3. The third-order valence-corrected chi connectivity index (χ3v) is 4.04. The first-order valence-corrected chi connectivity index (χ1v) is 7.10. The number of thiazole rings is 1. The predicted molar refractivity (Wildman–Crippen MR) is 82.1 cm³/mol. The molecule has 1 heterocycles. The number of hydrogen-bond donors (Lipinski definition) is 1. The molecular weight excluding hydrogens is 271 g/mol. The van der Waals surface area contributed by atoms with Gasteiger partial charge in [0.1, 0.15) is 10.8 Å². The zero-order chi connectivity index (χ0) is 14.1. The van der Waals surface area contributed by atoms with Crippen molar-refractivity contribution in [1.29, 1.82) is 0 Å². The van der Waals surface area contributed by atoms with Crippen LogP contribution in [-0.2, 0) is 0 Å². The van der Waals surface area contributed by atoms with E-state index in [4.69, 9.17) is 5.73 Å². The van der Waals surface area contributed by atoms with Crippen molar-refractivity contribution in [3.8, 4) is 21.8 Å². The van der Waals surface area contributed by atoms with Crippen molar-refractivity contribution in [1.82, 2.24) is 4.98 Å². The van der Waals surface area contributed by atoms with E-state index in [2.05, 4.69) is 4.98 Å². The van der Waals surface area contributed by atoms with E-state index in [1.54, 1.807) is 6.07 Å². The summed E-state index contributed by atoms with van der Waals surface area (Å²) < 4.78 is 13.2. The van der Waals surface area contributed by atoms with Crippen molar-refractivity contribution in [2.24, 2.45) is 0 Å². The summed E-state index contributed by atoms with van der Waals surface area (Å²) >= 11 is 1.54. The van der Waals surface area contributed by atoms with E-state index in [-0.39, 0.29) is 5.82 Å². The molecule has 20 heavy (non-hydrogen) atoms. The maximum absolute atomic E-state index is 13.2. The van der Waals surface area contributed by atoms with Crippen molar-refractivity contribution in [2.45, 2.75) is 6.92 Å². The normalized spacial score (nSPS) is 10.7. The van der Waals surface area contributed by atoms with Gasteiger partial charge in [0.15, 0.2) is 0 Å². The molecule has 0 aliphatic carbocycles. The van der Waals surface area contributed by atoms with E-state index in [0.29, 0.717) is 5.69 Å². The Morgan fingerprint density at radius 3 is 2.65 bits per heavy atom. The molecule has 0 saturated heterocycles. The monoisotopic (exact) mass is 284 g/mol. The number of anilines is 1. The fourth-order valence-corrected chi connectivity index (χ4v) is 3.03. The first kappa shape index (κ1) is 12.8. The van der Waals surface area contributed by atoms with Crippen molar-refractivity contribution in [2.75, 3.05) is 5.73 Å². The Bertz CT molecular complexity index is 765. The Balaban J connectivity index is 2.04. The van der Waals surface area contributed by atoms with Gasteiger partial charge < -0.3 is 5.73 Å². The van der Waals surface area contributed by atoms with E-state index >= 15 is 0 Å². The van der Waals surface area contributed by atoms with Gasteiger partial charge in [-0.3, -0.25) is 0 Å². The van der Waals surface area contributed by atoms with E-state index < -0.39 is 0 Å². The van der Waals surface area contributed by atoms with Crippen LogP contribution in [0.25, 0.3) is 21.8 Å². The molecule has 3 rings (SSSR count). The van der Waals surface area contributed by atoms with Gasteiger partial charge in [0.25, 0.3) is 0 Å². The molecule has 2 N–H and O–H groups in total. The van der Waals surface area contributed by atoms with Gasteiger partial charge in [0.05, 0.1) is 5.69 Å². The van der Waals surface area contributed by atoms with Crippen LogP contribution in [-0.4, -0.2) is 4.98 Å². The Labute approximate surface area is 120 Å². The SMILES string of the molecule is Cc1cc(F)ccc1-c1nc(-c2ccccc2N)cs1. The third-order valence-electron chi connectivity index (χ3n) is 3.16. The van der Waals surface area contributed by atoms with Crippen molar-refractivity contribution in [3.63, 3.8) is 0 Å². The lowest BCUT2D eigenvalue weighted by Gasteiger charge is -2.03. The smallest absolute Gasteiger partial charge is 0.124 e. The number of benzene rings is 2. The lowest BCUT2D eigenvalue weighted by atomic mass is 10.1. The average Bonchev–Trinajstić information content (AvgIpc) is 2.88. The van der Waals surface area contributed by atoms with Crippen LogP contribution in [0.5, 0.6) is 0 Å². The molecule has 0 spiro atoms. The Kier molecular flexibility index (Phi) is 3.24. The van der Waals surface area contributed by atoms with E-state index in [9.17, 15) is 4.39 Å². The number of para-hydroxylation sites is 1. The van der Waals surface area contributed by atoms with Crippen molar-refractivity contribution >= 4 is 17.0 Å². The number of halogens is 1. The Hall–Kier alpha value is -2.20. The first-order valence-electron chi connectivity index (χ1n) is 6.22. The molecule has 0 bridgehead atoms. The van der Waals surface area contributed by atoms with Gasteiger partial charge in [0.2, 0.25) is 0 Å². The molecule has 4 heteroatoms. The number of nitrogens with two attached hydrogens (primary N) is 1. The molecule has 100 valence electrons. The minimum absolute atomic E-state index is 0.227. The summed E-state index contributed by atoms with van der Waals surface area (Å²) in [6.45, 7) is 1.89. The van der Waals surface area contributed by atoms with E-state index in [1.807, 2.05) is 36.6 Å². The summed E-state index contributed by atoms with van der Waals surface area (Å²) in [6.07, 6.45) is 0. The summed E-state index contributed by atoms with van der Waals surface area (Å²) in [4.78, 5) is 4.62. The fraction of sp³-hybridized carbons (Fsp3) is 0.0625. The molecule has 3 aromatic rings. The number of rotatable bonds is 2. The van der Waals surface area contributed by atoms with Crippen LogP contribution < -0.4 is 5.73 Å². The van der Waals surface area contributed by atoms with Crippen LogP contribution in [0, 0.1) is 12.7 Å². The zero-order valence-electron chi connectivity index (χ0n) is 10.9. The summed E-state index contributed by atoms with van der Waals surface area (Å²) in [5.74, 6) is -0.227. The predicted octanol–water partition coefficient (Wildman–Crippen LogP) is 4.51. The van der Waals surface area contributed by atoms with Gasteiger partial charge >= 0.3 is 0 Å². The highest BCUT2D eigenvalue weighted by atomic mass is 32.1. The third kappa shape index (κ3) is 2.30. The van der Waals surface area contributed by atoms with E-state index in [1.165, 1.54) is 23.5 Å². The van der Waals surface area contributed by atoms with Crippen molar-refractivity contribution in [3.05, 3.63) is 59.2 Å². The number of nitrogen functional groups attached to an aromatic ring is 1. The van der Waals surface area contributed by atoms with Crippen LogP contribution >= 0.6 is 11.3 Å². The highest BCUT2D eigenvalue weighted by Crippen LogP contribution is 2.32. The zero-order valence-corrected chi connectivity index (χ0v) is 11.7. The van der Waals surface area contributed by atoms with E-state index in [0.717, 1.165) is 27.4 Å². The lowest BCUT2D eigenvalue weighted by Crippen LogP contribution is -1.89. The second kappa shape index (κ2) is 5.06. The fourth-order valence-electron chi connectivity index (χ4n) is 2.12. The van der Waals surface area contributed by atoms with Gasteiger partial charge in [-0.25, -0.2) is 9.37 Å². The number of hydrogen-bond acceptors (Lipinski definition) is 3. The molecule has 0 aliphatic heterocycles. The molecule has 0 aliphatic rings. The second-order valence-electron chi connectivity index (χ2n) is 4.58. The molecule has 0 radical (unpaired) electrons. The average molecular weight is 284 g/mol. The van der Waals surface area contributed by atoms with Crippen LogP contribution in [0.2, 0.25) is 0 Å². The van der Waals surface area contributed by atoms with Gasteiger partial charge in [0, 0.05) is 22.2 Å². The molecule has 0 fully saturated rings. The van der Waals surface area contributed by atoms with Crippen LogP contribution in [0.1, 0.15) is 5.56 Å². The summed E-state index contributed by atoms with van der Waals surface area (Å²) in [5, 5.41) is 2.85. The highest BCUT2D eigenvalue weighted by molar-refractivity contribution is 7.13. The van der Waals surface area contributed by atoms with Crippen LogP contribution in [0.3, 0.4) is 0 Å². The topological polar surface area (TPSA) is 38.9 Å². The van der Waals surface area contributed by atoms with Crippen LogP contribution in [0.15, 0.2) is 47.8 Å². The molecular formula is C16H13FN2S.